The zero-order valence-corrected chi connectivity index (χ0v) is 10.3. The van der Waals surface area contributed by atoms with Crippen molar-refractivity contribution in [1.82, 2.24) is 9.97 Å². The van der Waals surface area contributed by atoms with E-state index in [9.17, 15) is 4.79 Å². The van der Waals surface area contributed by atoms with E-state index in [1.165, 1.54) is 0 Å². The Morgan fingerprint density at radius 2 is 1.95 bits per heavy atom. The first-order valence-corrected chi connectivity index (χ1v) is 5.92. The van der Waals surface area contributed by atoms with Crippen molar-refractivity contribution < 1.29 is 10.2 Å². The first kappa shape index (κ1) is 13.3. The van der Waals surface area contributed by atoms with Crippen LogP contribution in [0.2, 0.25) is 0 Å². The highest BCUT2D eigenvalue weighted by atomic mass is 16.3. The largest absolute Gasteiger partial charge is 0.395 e. The zero-order valence-electron chi connectivity index (χ0n) is 10.3. The molecule has 102 valence electrons. The number of nitrogens with zero attached hydrogens (tertiary/aromatic N) is 2. The Morgan fingerprint density at radius 3 is 2.58 bits per heavy atom. The van der Waals surface area contributed by atoms with Crippen LogP contribution in [0, 0.1) is 0 Å². The quantitative estimate of drug-likeness (QED) is 0.567. The average Bonchev–Trinajstić information content (AvgIpc) is 2.39. The maximum atomic E-state index is 11.5. The third kappa shape index (κ3) is 2.83. The van der Waals surface area contributed by atoms with Gasteiger partial charge in [0.05, 0.1) is 18.9 Å². The molecule has 5 N–H and O–H groups in total. The number of aliphatic hydroxyl groups is 2. The van der Waals surface area contributed by atoms with Crippen molar-refractivity contribution in [1.29, 1.82) is 0 Å². The molecule has 0 aliphatic rings. The number of aliphatic hydroxyl groups excluding tert-OH is 2. The number of pyridine rings is 2. The van der Waals surface area contributed by atoms with E-state index in [4.69, 9.17) is 15.9 Å². The number of nitrogens with two attached hydrogens (primary N) is 1. The van der Waals surface area contributed by atoms with Crippen LogP contribution in [0.4, 0.5) is 11.5 Å². The lowest BCUT2D eigenvalue weighted by molar-refractivity contribution is 0.280. The zero-order chi connectivity index (χ0) is 13.8. The van der Waals surface area contributed by atoms with Crippen LogP contribution in [0.25, 0.3) is 11.0 Å². The van der Waals surface area contributed by atoms with Gasteiger partial charge >= 0.3 is 0 Å². The van der Waals surface area contributed by atoms with Gasteiger partial charge < -0.3 is 25.8 Å². The smallest absolute Gasteiger partial charge is 0.272 e. The first-order chi connectivity index (χ1) is 9.15. The molecule has 0 bridgehead atoms. The van der Waals surface area contributed by atoms with Gasteiger partial charge in [0.25, 0.3) is 5.56 Å². The van der Waals surface area contributed by atoms with Crippen LogP contribution in [0.15, 0.2) is 23.0 Å². The molecule has 2 rings (SSSR count). The summed E-state index contributed by atoms with van der Waals surface area (Å²) in [6, 6.07) is 5.10. The standard InChI is InChI=1S/C12H16N4O3/c13-9-7-8-1-2-10(14-11(8)15-12(9)19)16(3-5-17)4-6-18/h1-2,7,17-18H,3-6,13H2,(H,14,15,19). The Kier molecular flexibility index (Phi) is 3.98. The number of rotatable bonds is 5. The van der Waals surface area contributed by atoms with E-state index in [0.29, 0.717) is 24.6 Å². The molecule has 0 spiro atoms. The molecule has 2 aromatic heterocycles. The minimum Gasteiger partial charge on any atom is -0.395 e. The summed E-state index contributed by atoms with van der Waals surface area (Å²) in [7, 11) is 0. The number of hydrogen-bond donors (Lipinski definition) is 4. The summed E-state index contributed by atoms with van der Waals surface area (Å²) in [5.41, 5.74) is 5.72. The minimum absolute atomic E-state index is 0.0437. The summed E-state index contributed by atoms with van der Waals surface area (Å²) in [6.45, 7) is 0.631. The fourth-order valence-electron chi connectivity index (χ4n) is 1.85. The predicted molar refractivity (Wildman–Crippen MR) is 73.2 cm³/mol. The number of aromatic nitrogens is 2. The number of H-pyrrole nitrogens is 1. The molecule has 0 aromatic carbocycles. The summed E-state index contributed by atoms with van der Waals surface area (Å²) < 4.78 is 0. The van der Waals surface area contributed by atoms with Gasteiger partial charge in [-0.05, 0) is 18.2 Å². The van der Waals surface area contributed by atoms with Gasteiger partial charge in [0.2, 0.25) is 0 Å². The molecule has 2 heterocycles. The van der Waals surface area contributed by atoms with Gasteiger partial charge in [-0.25, -0.2) is 4.98 Å². The summed E-state index contributed by atoms with van der Waals surface area (Å²) in [5.74, 6) is 0.580. The third-order valence-electron chi connectivity index (χ3n) is 2.78. The Bertz CT molecular complexity index is 620. The molecule has 19 heavy (non-hydrogen) atoms. The minimum atomic E-state index is -0.381. The Labute approximate surface area is 109 Å². The molecular formula is C12H16N4O3. The molecule has 0 radical (unpaired) electrons. The van der Waals surface area contributed by atoms with Crippen molar-refractivity contribution in [3.63, 3.8) is 0 Å². The molecule has 0 saturated carbocycles. The fraction of sp³-hybridized carbons (Fsp3) is 0.333. The van der Waals surface area contributed by atoms with Gasteiger partial charge in [-0.1, -0.05) is 0 Å². The highest BCUT2D eigenvalue weighted by Crippen LogP contribution is 2.16. The molecular weight excluding hydrogens is 248 g/mol. The van der Waals surface area contributed by atoms with Crippen LogP contribution in [0.1, 0.15) is 0 Å². The molecule has 0 atom stereocenters. The molecule has 0 aliphatic carbocycles. The SMILES string of the molecule is Nc1cc2ccc(N(CCO)CCO)nc2[nH]c1=O. The van der Waals surface area contributed by atoms with Crippen LogP contribution in [-0.4, -0.2) is 46.5 Å². The highest BCUT2D eigenvalue weighted by molar-refractivity contribution is 5.79. The van der Waals surface area contributed by atoms with Crippen LogP contribution in [0.3, 0.4) is 0 Å². The predicted octanol–water partition coefficient (Wildman–Crippen LogP) is -0.704. The summed E-state index contributed by atoms with van der Waals surface area (Å²) in [4.78, 5) is 20.1. The molecule has 0 saturated heterocycles. The van der Waals surface area contributed by atoms with Crippen molar-refractivity contribution in [3.8, 4) is 0 Å². The number of aromatic amines is 1. The Balaban J connectivity index is 2.44. The Hall–Kier alpha value is -2.12. The molecule has 7 nitrogen and oxygen atoms in total. The summed E-state index contributed by atoms with van der Waals surface area (Å²) in [5, 5.41) is 18.7. The molecule has 0 amide bonds. The van der Waals surface area contributed by atoms with Crippen molar-refractivity contribution in [2.45, 2.75) is 0 Å². The molecule has 0 aliphatic heterocycles. The number of anilines is 2. The van der Waals surface area contributed by atoms with Gasteiger partial charge in [0.1, 0.15) is 11.5 Å². The van der Waals surface area contributed by atoms with Gasteiger partial charge in [-0.2, -0.15) is 0 Å². The fourth-order valence-corrected chi connectivity index (χ4v) is 1.85. The Morgan fingerprint density at radius 1 is 1.26 bits per heavy atom. The lowest BCUT2D eigenvalue weighted by Crippen LogP contribution is -2.30. The maximum absolute atomic E-state index is 11.5. The van der Waals surface area contributed by atoms with Crippen LogP contribution >= 0.6 is 0 Å². The van der Waals surface area contributed by atoms with E-state index in [2.05, 4.69) is 9.97 Å². The van der Waals surface area contributed by atoms with Gasteiger partial charge in [0, 0.05) is 18.5 Å². The van der Waals surface area contributed by atoms with Crippen molar-refractivity contribution in [2.24, 2.45) is 0 Å². The second-order valence-corrected chi connectivity index (χ2v) is 4.10. The highest BCUT2D eigenvalue weighted by Gasteiger charge is 2.08. The van der Waals surface area contributed by atoms with Crippen molar-refractivity contribution >= 4 is 22.5 Å². The summed E-state index contributed by atoms with van der Waals surface area (Å²) in [6.07, 6.45) is 0. The van der Waals surface area contributed by atoms with Gasteiger partial charge in [-0.15, -0.1) is 0 Å². The lowest BCUT2D eigenvalue weighted by atomic mass is 10.2. The van der Waals surface area contributed by atoms with E-state index >= 15 is 0 Å². The average molecular weight is 264 g/mol. The van der Waals surface area contributed by atoms with E-state index in [1.807, 2.05) is 0 Å². The van der Waals surface area contributed by atoms with E-state index in [0.717, 1.165) is 5.39 Å². The van der Waals surface area contributed by atoms with Gasteiger partial charge in [-0.3, -0.25) is 4.79 Å². The number of fused-ring (bicyclic) bond motifs is 1. The molecule has 0 unspecified atom stereocenters. The van der Waals surface area contributed by atoms with Crippen molar-refractivity contribution in [2.75, 3.05) is 36.9 Å². The normalized spacial score (nSPS) is 10.8. The number of hydrogen-bond acceptors (Lipinski definition) is 6. The second kappa shape index (κ2) is 5.68. The van der Waals surface area contributed by atoms with E-state index < -0.39 is 0 Å². The van der Waals surface area contributed by atoms with E-state index in [-0.39, 0.29) is 24.5 Å². The molecule has 0 fully saturated rings. The monoisotopic (exact) mass is 264 g/mol. The second-order valence-electron chi connectivity index (χ2n) is 4.10. The number of nitrogen functional groups attached to an aromatic ring is 1. The first-order valence-electron chi connectivity index (χ1n) is 5.92. The van der Waals surface area contributed by atoms with Crippen LogP contribution in [0.5, 0.6) is 0 Å². The summed E-state index contributed by atoms with van der Waals surface area (Å²) >= 11 is 0. The van der Waals surface area contributed by atoms with Crippen molar-refractivity contribution in [3.05, 3.63) is 28.6 Å². The maximum Gasteiger partial charge on any atom is 0.272 e. The number of nitrogens with one attached hydrogen (secondary N) is 1. The van der Waals surface area contributed by atoms with E-state index in [1.54, 1.807) is 23.1 Å². The molecule has 2 aromatic rings. The van der Waals surface area contributed by atoms with Crippen LogP contribution < -0.4 is 16.2 Å². The molecule has 7 heteroatoms. The topological polar surface area (TPSA) is 115 Å². The van der Waals surface area contributed by atoms with Gasteiger partial charge in [0.15, 0.2) is 0 Å². The lowest BCUT2D eigenvalue weighted by Gasteiger charge is -2.21. The third-order valence-corrected chi connectivity index (χ3v) is 2.78. The van der Waals surface area contributed by atoms with Crippen LogP contribution in [-0.2, 0) is 0 Å².